The summed E-state index contributed by atoms with van der Waals surface area (Å²) in [5.41, 5.74) is 6.23. The smallest absolute Gasteiger partial charge is 0.128 e. The average Bonchev–Trinajstić information content (AvgIpc) is 2.40. The van der Waals surface area contributed by atoms with E-state index in [4.69, 9.17) is 5.73 Å². The molecule has 1 aliphatic rings. The second-order valence-corrected chi connectivity index (χ2v) is 6.23. The molecule has 0 amide bonds. The summed E-state index contributed by atoms with van der Waals surface area (Å²) >= 11 is 0. The molecule has 1 aliphatic heterocycles. The number of aromatic nitrogens is 1. The quantitative estimate of drug-likeness (QED) is 0.895. The first-order valence-corrected chi connectivity index (χ1v) is 7.13. The maximum absolute atomic E-state index is 6.06. The Bertz CT molecular complexity index is 380. The Kier molecular flexibility index (Phi) is 4.42. The molecule has 2 rings (SSSR count). The Morgan fingerprint density at radius 2 is 1.95 bits per heavy atom. The lowest BCUT2D eigenvalue weighted by Gasteiger charge is -2.40. The molecule has 1 atom stereocenters. The lowest BCUT2D eigenvalue weighted by Crippen LogP contribution is -2.52. The van der Waals surface area contributed by atoms with Gasteiger partial charge in [0, 0.05) is 45.0 Å². The Labute approximate surface area is 116 Å². The summed E-state index contributed by atoms with van der Waals surface area (Å²) in [5, 5.41) is 0. The van der Waals surface area contributed by atoms with E-state index in [1.807, 2.05) is 18.3 Å². The zero-order valence-corrected chi connectivity index (χ0v) is 12.3. The van der Waals surface area contributed by atoms with Crippen LogP contribution in [0.2, 0.25) is 0 Å². The van der Waals surface area contributed by atoms with Crippen LogP contribution in [0.1, 0.15) is 20.8 Å². The van der Waals surface area contributed by atoms with Crippen LogP contribution in [-0.2, 0) is 0 Å². The van der Waals surface area contributed by atoms with Crippen molar-refractivity contribution in [3.05, 3.63) is 24.4 Å². The van der Waals surface area contributed by atoms with Gasteiger partial charge in [-0.2, -0.15) is 0 Å². The molecular weight excluding hydrogens is 236 g/mol. The van der Waals surface area contributed by atoms with Crippen molar-refractivity contribution in [3.63, 3.8) is 0 Å². The van der Waals surface area contributed by atoms with Crippen LogP contribution in [0.4, 0.5) is 5.82 Å². The Hall–Kier alpha value is -1.13. The van der Waals surface area contributed by atoms with E-state index in [9.17, 15) is 0 Å². The minimum Gasteiger partial charge on any atom is -0.354 e. The SMILES string of the molecule is CC(N)C(C)(C)CN1CCN(c2ccccn2)CC1. The van der Waals surface area contributed by atoms with E-state index in [1.165, 1.54) is 0 Å². The molecule has 2 heterocycles. The molecule has 1 aromatic heterocycles. The van der Waals surface area contributed by atoms with E-state index in [0.717, 1.165) is 38.5 Å². The normalized spacial score (nSPS) is 19.5. The van der Waals surface area contributed by atoms with Gasteiger partial charge in [0.25, 0.3) is 0 Å². The van der Waals surface area contributed by atoms with Crippen molar-refractivity contribution < 1.29 is 0 Å². The highest BCUT2D eigenvalue weighted by Gasteiger charge is 2.28. The van der Waals surface area contributed by atoms with Crippen molar-refractivity contribution in [1.29, 1.82) is 0 Å². The van der Waals surface area contributed by atoms with Crippen LogP contribution in [0.5, 0.6) is 0 Å². The average molecular weight is 262 g/mol. The molecule has 1 saturated heterocycles. The zero-order valence-electron chi connectivity index (χ0n) is 12.3. The van der Waals surface area contributed by atoms with Gasteiger partial charge in [-0.15, -0.1) is 0 Å². The van der Waals surface area contributed by atoms with Gasteiger partial charge in [0.2, 0.25) is 0 Å². The van der Waals surface area contributed by atoms with Gasteiger partial charge in [-0.25, -0.2) is 4.98 Å². The van der Waals surface area contributed by atoms with E-state index < -0.39 is 0 Å². The van der Waals surface area contributed by atoms with E-state index in [0.29, 0.717) is 0 Å². The van der Waals surface area contributed by atoms with E-state index in [1.54, 1.807) is 0 Å². The lowest BCUT2D eigenvalue weighted by molar-refractivity contribution is 0.150. The zero-order chi connectivity index (χ0) is 13.9. The van der Waals surface area contributed by atoms with Gasteiger partial charge in [0.15, 0.2) is 0 Å². The van der Waals surface area contributed by atoms with E-state index in [-0.39, 0.29) is 11.5 Å². The van der Waals surface area contributed by atoms with Gasteiger partial charge >= 0.3 is 0 Å². The number of nitrogens with two attached hydrogens (primary N) is 1. The molecule has 0 aliphatic carbocycles. The topological polar surface area (TPSA) is 45.4 Å². The molecule has 2 N–H and O–H groups in total. The summed E-state index contributed by atoms with van der Waals surface area (Å²) in [6, 6.07) is 6.32. The summed E-state index contributed by atoms with van der Waals surface area (Å²) in [6.07, 6.45) is 1.86. The van der Waals surface area contributed by atoms with Gasteiger partial charge in [-0.3, -0.25) is 4.90 Å². The second kappa shape index (κ2) is 5.88. The fourth-order valence-corrected chi connectivity index (χ4v) is 2.40. The summed E-state index contributed by atoms with van der Waals surface area (Å²) in [5.74, 6) is 1.09. The van der Waals surface area contributed by atoms with Gasteiger partial charge in [-0.1, -0.05) is 19.9 Å². The third-order valence-corrected chi connectivity index (χ3v) is 4.21. The highest BCUT2D eigenvalue weighted by Crippen LogP contribution is 2.22. The first-order valence-electron chi connectivity index (χ1n) is 7.13. The molecular formula is C15H26N4. The van der Waals surface area contributed by atoms with Gasteiger partial charge in [-0.05, 0) is 24.5 Å². The monoisotopic (exact) mass is 262 g/mol. The molecule has 0 bridgehead atoms. The minimum atomic E-state index is 0.174. The van der Waals surface area contributed by atoms with Gasteiger partial charge in [0.1, 0.15) is 5.82 Å². The number of piperazine rings is 1. The predicted octanol–water partition coefficient (Wildman–Crippen LogP) is 1.58. The Morgan fingerprint density at radius 1 is 1.26 bits per heavy atom. The second-order valence-electron chi connectivity index (χ2n) is 6.23. The minimum absolute atomic E-state index is 0.174. The van der Waals surface area contributed by atoms with Crippen molar-refractivity contribution in [2.75, 3.05) is 37.6 Å². The molecule has 4 nitrogen and oxygen atoms in total. The maximum atomic E-state index is 6.06. The highest BCUT2D eigenvalue weighted by atomic mass is 15.3. The van der Waals surface area contributed by atoms with Crippen LogP contribution in [0, 0.1) is 5.41 Å². The summed E-state index contributed by atoms with van der Waals surface area (Å²) < 4.78 is 0. The third-order valence-electron chi connectivity index (χ3n) is 4.21. The molecule has 1 unspecified atom stereocenters. The van der Waals surface area contributed by atoms with Crippen molar-refractivity contribution in [3.8, 4) is 0 Å². The largest absolute Gasteiger partial charge is 0.354 e. The van der Waals surface area contributed by atoms with Crippen LogP contribution in [0.3, 0.4) is 0 Å². The first-order chi connectivity index (χ1) is 8.99. The maximum Gasteiger partial charge on any atom is 0.128 e. The van der Waals surface area contributed by atoms with E-state index in [2.05, 4.69) is 41.6 Å². The Balaban J connectivity index is 1.86. The number of hydrogen-bond acceptors (Lipinski definition) is 4. The fraction of sp³-hybridized carbons (Fsp3) is 0.667. The number of pyridine rings is 1. The summed E-state index contributed by atoms with van der Waals surface area (Å²) in [4.78, 5) is 9.29. The van der Waals surface area contributed by atoms with Crippen molar-refractivity contribution in [1.82, 2.24) is 9.88 Å². The first kappa shape index (κ1) is 14.3. The molecule has 1 fully saturated rings. The number of nitrogens with zero attached hydrogens (tertiary/aromatic N) is 3. The van der Waals surface area contributed by atoms with Crippen molar-refractivity contribution in [2.24, 2.45) is 11.1 Å². The van der Waals surface area contributed by atoms with Crippen LogP contribution < -0.4 is 10.6 Å². The third kappa shape index (κ3) is 3.67. The van der Waals surface area contributed by atoms with Crippen LogP contribution in [0.15, 0.2) is 24.4 Å². The summed E-state index contributed by atoms with van der Waals surface area (Å²) in [6.45, 7) is 12.0. The van der Waals surface area contributed by atoms with Gasteiger partial charge in [0.05, 0.1) is 0 Å². The molecule has 0 aromatic carbocycles. The van der Waals surface area contributed by atoms with Gasteiger partial charge < -0.3 is 10.6 Å². The molecule has 0 spiro atoms. The van der Waals surface area contributed by atoms with Crippen molar-refractivity contribution in [2.45, 2.75) is 26.8 Å². The fourth-order valence-electron chi connectivity index (χ4n) is 2.40. The van der Waals surface area contributed by atoms with E-state index >= 15 is 0 Å². The highest BCUT2D eigenvalue weighted by molar-refractivity contribution is 5.38. The van der Waals surface area contributed by atoms with Crippen LogP contribution >= 0.6 is 0 Å². The summed E-state index contributed by atoms with van der Waals surface area (Å²) in [7, 11) is 0. The van der Waals surface area contributed by atoms with Crippen LogP contribution in [-0.4, -0.2) is 48.6 Å². The number of hydrogen-bond donors (Lipinski definition) is 1. The van der Waals surface area contributed by atoms with Crippen molar-refractivity contribution >= 4 is 5.82 Å². The number of rotatable bonds is 4. The molecule has 4 heteroatoms. The number of anilines is 1. The molecule has 1 aromatic rings. The van der Waals surface area contributed by atoms with Crippen LogP contribution in [0.25, 0.3) is 0 Å². The molecule has 0 saturated carbocycles. The molecule has 106 valence electrons. The predicted molar refractivity (Wildman–Crippen MR) is 80.3 cm³/mol. The standard InChI is InChI=1S/C15H26N4/c1-13(16)15(2,3)12-18-8-10-19(11-9-18)14-6-4-5-7-17-14/h4-7,13H,8-12,16H2,1-3H3. The lowest BCUT2D eigenvalue weighted by atomic mass is 9.85. The molecule has 19 heavy (non-hydrogen) atoms. The molecule has 0 radical (unpaired) electrons. The Morgan fingerprint density at radius 3 is 2.47 bits per heavy atom.